The van der Waals surface area contributed by atoms with Gasteiger partial charge in [0.05, 0.1) is 0 Å². The number of hydrogen-bond acceptors (Lipinski definition) is 3. The van der Waals surface area contributed by atoms with Crippen LogP contribution in [-0.2, 0) is 0 Å². The van der Waals surface area contributed by atoms with Crippen molar-refractivity contribution in [3.8, 4) is 16.3 Å². The van der Waals surface area contributed by atoms with Crippen molar-refractivity contribution in [2.45, 2.75) is 0 Å². The lowest BCUT2D eigenvalue weighted by Crippen LogP contribution is -1.73. The largest absolute Gasteiger partial charge is 0.508 e. The van der Waals surface area contributed by atoms with Gasteiger partial charge in [-0.1, -0.05) is 23.5 Å². The third-order valence-corrected chi connectivity index (χ3v) is 2.32. The maximum absolute atomic E-state index is 12.6. The lowest BCUT2D eigenvalue weighted by atomic mass is 10.2. The molecular formula is C9H5FNOS. The average molecular weight is 194 g/mol. The summed E-state index contributed by atoms with van der Waals surface area (Å²) in [6.45, 7) is 0. The first-order chi connectivity index (χ1) is 6.25. The molecule has 2 nitrogen and oxygen atoms in total. The van der Waals surface area contributed by atoms with Crippen molar-refractivity contribution in [2.75, 3.05) is 0 Å². The van der Waals surface area contributed by atoms with Crippen LogP contribution in [0.4, 0.5) is 4.39 Å². The van der Waals surface area contributed by atoms with E-state index in [2.05, 4.69) is 11.2 Å². The Morgan fingerprint density at radius 1 is 1.46 bits per heavy atom. The van der Waals surface area contributed by atoms with Crippen LogP contribution < -0.4 is 0 Å². The molecule has 0 atom stereocenters. The molecule has 0 saturated carbocycles. The van der Waals surface area contributed by atoms with Crippen molar-refractivity contribution in [1.82, 2.24) is 4.98 Å². The lowest BCUT2D eigenvalue weighted by Gasteiger charge is -1.95. The van der Waals surface area contributed by atoms with Gasteiger partial charge < -0.3 is 5.11 Å². The van der Waals surface area contributed by atoms with Gasteiger partial charge in [0.25, 0.3) is 0 Å². The van der Waals surface area contributed by atoms with E-state index in [9.17, 15) is 4.39 Å². The molecule has 0 aliphatic rings. The summed E-state index contributed by atoms with van der Waals surface area (Å²) >= 11 is 0.905. The maximum Gasteiger partial charge on any atom is 0.206 e. The molecule has 1 radical (unpaired) electrons. The highest BCUT2D eigenvalue weighted by atomic mass is 32.1. The fourth-order valence-electron chi connectivity index (χ4n) is 0.988. The van der Waals surface area contributed by atoms with E-state index in [1.165, 1.54) is 6.07 Å². The summed E-state index contributed by atoms with van der Waals surface area (Å²) in [6, 6.07) is 6.53. The van der Waals surface area contributed by atoms with Gasteiger partial charge in [-0.2, -0.15) is 4.39 Å². The van der Waals surface area contributed by atoms with Crippen LogP contribution >= 0.6 is 11.3 Å². The highest BCUT2D eigenvalue weighted by Gasteiger charge is 2.04. The van der Waals surface area contributed by atoms with E-state index in [1.54, 1.807) is 18.2 Å². The minimum absolute atomic E-state index is 0.146. The Bertz CT molecular complexity index is 427. The van der Waals surface area contributed by atoms with E-state index in [4.69, 9.17) is 5.11 Å². The smallest absolute Gasteiger partial charge is 0.206 e. The molecule has 2 aromatic rings. The number of nitrogens with zero attached hydrogens (tertiary/aromatic N) is 1. The van der Waals surface area contributed by atoms with Gasteiger partial charge in [0.1, 0.15) is 17.0 Å². The Morgan fingerprint density at radius 3 is 2.92 bits per heavy atom. The third-order valence-electron chi connectivity index (χ3n) is 1.52. The van der Waals surface area contributed by atoms with Gasteiger partial charge in [-0.15, -0.1) is 0 Å². The standard InChI is InChI=1S/C9H5FNOS/c10-8-5-11-9(13-8)6-2-1-3-7(12)4-6/h1-4,12H. The van der Waals surface area contributed by atoms with Gasteiger partial charge in [0.15, 0.2) is 0 Å². The van der Waals surface area contributed by atoms with Crippen LogP contribution in [-0.4, -0.2) is 10.1 Å². The molecule has 0 saturated heterocycles. The molecule has 0 aliphatic carbocycles. The van der Waals surface area contributed by atoms with Gasteiger partial charge in [-0.3, -0.25) is 0 Å². The van der Waals surface area contributed by atoms with E-state index in [0.717, 1.165) is 11.3 Å². The fraction of sp³-hybridized carbons (Fsp3) is 0. The fourth-order valence-corrected chi connectivity index (χ4v) is 1.58. The monoisotopic (exact) mass is 194 g/mol. The zero-order valence-electron chi connectivity index (χ0n) is 6.49. The molecule has 1 aromatic carbocycles. The Labute approximate surface area is 78.3 Å². The summed E-state index contributed by atoms with van der Waals surface area (Å²) in [5.74, 6) is 0.146. The highest BCUT2D eigenvalue weighted by molar-refractivity contribution is 7.13. The zero-order chi connectivity index (χ0) is 9.26. The zero-order valence-corrected chi connectivity index (χ0v) is 7.31. The van der Waals surface area contributed by atoms with Gasteiger partial charge in [-0.05, 0) is 12.1 Å². The summed E-state index contributed by atoms with van der Waals surface area (Å²) in [5, 5.41) is 9.23. The Balaban J connectivity index is 2.46. The van der Waals surface area contributed by atoms with Crippen LogP contribution in [0.3, 0.4) is 0 Å². The highest BCUT2D eigenvalue weighted by Crippen LogP contribution is 2.26. The van der Waals surface area contributed by atoms with Crippen molar-refractivity contribution in [3.05, 3.63) is 35.6 Å². The first-order valence-electron chi connectivity index (χ1n) is 3.59. The van der Waals surface area contributed by atoms with Crippen LogP contribution in [0.2, 0.25) is 0 Å². The van der Waals surface area contributed by atoms with Gasteiger partial charge in [0.2, 0.25) is 5.13 Å². The van der Waals surface area contributed by atoms with Crippen LogP contribution in [0, 0.1) is 11.3 Å². The van der Waals surface area contributed by atoms with E-state index >= 15 is 0 Å². The third kappa shape index (κ3) is 1.67. The number of aromatic nitrogens is 1. The van der Waals surface area contributed by atoms with Crippen molar-refractivity contribution < 1.29 is 9.50 Å². The second kappa shape index (κ2) is 3.14. The van der Waals surface area contributed by atoms with Crippen LogP contribution in [0.25, 0.3) is 10.6 Å². The SMILES string of the molecule is Oc1cccc(-c2n[c]c(F)s2)c1. The average Bonchev–Trinajstić information content (AvgIpc) is 2.52. The molecule has 2 rings (SSSR count). The van der Waals surface area contributed by atoms with E-state index in [0.29, 0.717) is 10.6 Å². The van der Waals surface area contributed by atoms with Crippen LogP contribution in [0.15, 0.2) is 24.3 Å². The van der Waals surface area contributed by atoms with E-state index in [1.807, 2.05) is 0 Å². The van der Waals surface area contributed by atoms with Crippen molar-refractivity contribution in [2.24, 2.45) is 0 Å². The Hall–Kier alpha value is -1.42. The van der Waals surface area contributed by atoms with E-state index < -0.39 is 5.13 Å². The van der Waals surface area contributed by atoms with Gasteiger partial charge in [0, 0.05) is 5.56 Å². The molecule has 0 bridgehead atoms. The first-order valence-corrected chi connectivity index (χ1v) is 4.41. The summed E-state index contributed by atoms with van der Waals surface area (Å²) in [4.78, 5) is 3.73. The summed E-state index contributed by atoms with van der Waals surface area (Å²) in [5.41, 5.74) is 0.699. The molecule has 0 spiro atoms. The molecule has 0 fully saturated rings. The van der Waals surface area contributed by atoms with E-state index in [-0.39, 0.29) is 5.75 Å². The number of phenols is 1. The molecule has 1 N–H and O–H groups in total. The second-order valence-corrected chi connectivity index (χ2v) is 3.40. The molecule has 0 amide bonds. The molecular weight excluding hydrogens is 189 g/mol. The van der Waals surface area contributed by atoms with Crippen molar-refractivity contribution >= 4 is 11.3 Å². The minimum Gasteiger partial charge on any atom is -0.508 e. The molecule has 1 aromatic heterocycles. The Kier molecular flexibility index (Phi) is 1.98. The molecule has 1 heterocycles. The number of halogens is 1. The molecule has 4 heteroatoms. The predicted octanol–water partition coefficient (Wildman–Crippen LogP) is 2.45. The van der Waals surface area contributed by atoms with Crippen molar-refractivity contribution in [1.29, 1.82) is 0 Å². The minimum atomic E-state index is -0.446. The summed E-state index contributed by atoms with van der Waals surface area (Å²) in [7, 11) is 0. The van der Waals surface area contributed by atoms with Crippen LogP contribution in [0.5, 0.6) is 5.75 Å². The Morgan fingerprint density at radius 2 is 2.31 bits per heavy atom. The van der Waals surface area contributed by atoms with Gasteiger partial charge in [-0.25, -0.2) is 4.98 Å². The molecule has 0 unspecified atom stereocenters. The number of phenolic OH excluding ortho intramolecular Hbond substituents is 1. The molecule has 0 aliphatic heterocycles. The van der Waals surface area contributed by atoms with Crippen LogP contribution in [0.1, 0.15) is 0 Å². The first kappa shape index (κ1) is 8.19. The second-order valence-electron chi connectivity index (χ2n) is 2.45. The normalized spacial score (nSPS) is 10.2. The van der Waals surface area contributed by atoms with Crippen molar-refractivity contribution in [3.63, 3.8) is 0 Å². The number of rotatable bonds is 1. The lowest BCUT2D eigenvalue weighted by molar-refractivity contribution is 0.475. The number of benzene rings is 1. The number of thiazole rings is 1. The molecule has 13 heavy (non-hydrogen) atoms. The number of hydrogen-bond donors (Lipinski definition) is 1. The molecule has 65 valence electrons. The summed E-state index contributed by atoms with van der Waals surface area (Å²) < 4.78 is 12.6. The number of aromatic hydroxyl groups is 1. The quantitative estimate of drug-likeness (QED) is 0.756. The van der Waals surface area contributed by atoms with Gasteiger partial charge >= 0.3 is 0 Å². The predicted molar refractivity (Wildman–Crippen MR) is 48.0 cm³/mol. The maximum atomic E-state index is 12.6. The summed E-state index contributed by atoms with van der Waals surface area (Å²) in [6.07, 6.45) is 2.21. The topological polar surface area (TPSA) is 33.1 Å².